The van der Waals surface area contributed by atoms with Crippen LogP contribution in [0.1, 0.15) is 21.5 Å². The molecule has 5 nitrogen and oxygen atoms in total. The van der Waals surface area contributed by atoms with Crippen LogP contribution in [-0.4, -0.2) is 25.4 Å². The molecule has 148 valence electrons. The lowest BCUT2D eigenvalue weighted by atomic mass is 10.0. The Hall–Kier alpha value is -3.31. The van der Waals surface area contributed by atoms with Gasteiger partial charge in [-0.05, 0) is 67.6 Å². The zero-order valence-electron chi connectivity index (χ0n) is 16.1. The van der Waals surface area contributed by atoms with Gasteiger partial charge in [0, 0.05) is 16.3 Å². The number of carbonyl (C=O) groups excluding carboxylic acids is 2. The SMILES string of the molecule is COc1ccc(C(=O)c2cc(C)ccc2OCC(=O)Nc2ccc(Cl)cc2)cc1. The van der Waals surface area contributed by atoms with Crippen LogP contribution in [0, 0.1) is 6.92 Å². The summed E-state index contributed by atoms with van der Waals surface area (Å²) in [5.74, 6) is 0.490. The topological polar surface area (TPSA) is 64.6 Å². The van der Waals surface area contributed by atoms with Crippen LogP contribution in [0.5, 0.6) is 11.5 Å². The van der Waals surface area contributed by atoms with Gasteiger partial charge in [0.1, 0.15) is 11.5 Å². The smallest absolute Gasteiger partial charge is 0.262 e. The van der Waals surface area contributed by atoms with Crippen LogP contribution in [0.15, 0.2) is 66.7 Å². The van der Waals surface area contributed by atoms with Crippen molar-refractivity contribution in [1.29, 1.82) is 0 Å². The van der Waals surface area contributed by atoms with Gasteiger partial charge in [0.25, 0.3) is 5.91 Å². The summed E-state index contributed by atoms with van der Waals surface area (Å²) in [5.41, 5.74) is 2.43. The Kier molecular flexibility index (Phi) is 6.52. The summed E-state index contributed by atoms with van der Waals surface area (Å²) >= 11 is 5.84. The average Bonchev–Trinajstić information content (AvgIpc) is 2.74. The molecule has 3 aromatic rings. The number of hydrogen-bond acceptors (Lipinski definition) is 4. The summed E-state index contributed by atoms with van der Waals surface area (Å²) in [7, 11) is 1.57. The molecule has 0 aliphatic rings. The van der Waals surface area contributed by atoms with Gasteiger partial charge in [0.05, 0.1) is 12.7 Å². The molecule has 0 bridgehead atoms. The highest BCUT2D eigenvalue weighted by Crippen LogP contribution is 2.24. The zero-order valence-corrected chi connectivity index (χ0v) is 16.8. The molecule has 1 N–H and O–H groups in total. The molecule has 3 rings (SSSR count). The van der Waals surface area contributed by atoms with Crippen molar-refractivity contribution in [2.75, 3.05) is 19.0 Å². The second-order valence-corrected chi connectivity index (χ2v) is 6.84. The molecular weight excluding hydrogens is 390 g/mol. The van der Waals surface area contributed by atoms with Crippen LogP contribution < -0.4 is 14.8 Å². The molecule has 6 heteroatoms. The van der Waals surface area contributed by atoms with E-state index in [2.05, 4.69) is 5.32 Å². The van der Waals surface area contributed by atoms with E-state index in [0.29, 0.717) is 33.3 Å². The van der Waals surface area contributed by atoms with E-state index in [-0.39, 0.29) is 18.3 Å². The van der Waals surface area contributed by atoms with Crippen LogP contribution in [-0.2, 0) is 4.79 Å². The Morgan fingerprint density at radius 3 is 2.31 bits per heavy atom. The summed E-state index contributed by atoms with van der Waals surface area (Å²) in [5, 5.41) is 3.31. The highest BCUT2D eigenvalue weighted by molar-refractivity contribution is 6.30. The molecule has 0 heterocycles. The third kappa shape index (κ3) is 5.36. The maximum absolute atomic E-state index is 13.0. The van der Waals surface area contributed by atoms with Gasteiger partial charge in [-0.25, -0.2) is 0 Å². The number of benzene rings is 3. The van der Waals surface area contributed by atoms with Crippen LogP contribution in [0.3, 0.4) is 0 Å². The number of hydrogen-bond donors (Lipinski definition) is 1. The van der Waals surface area contributed by atoms with E-state index in [4.69, 9.17) is 21.1 Å². The zero-order chi connectivity index (χ0) is 20.8. The van der Waals surface area contributed by atoms with Crippen LogP contribution in [0.25, 0.3) is 0 Å². The quantitative estimate of drug-likeness (QED) is 0.563. The van der Waals surface area contributed by atoms with Crippen LogP contribution in [0.4, 0.5) is 5.69 Å². The number of halogens is 1. The first kappa shape index (κ1) is 20.4. The van der Waals surface area contributed by atoms with Crippen molar-refractivity contribution in [2.24, 2.45) is 0 Å². The van der Waals surface area contributed by atoms with Crippen LogP contribution in [0.2, 0.25) is 5.02 Å². The Bertz CT molecular complexity index is 1010. The molecule has 0 saturated carbocycles. The molecule has 0 radical (unpaired) electrons. The number of nitrogens with one attached hydrogen (secondary N) is 1. The van der Waals surface area contributed by atoms with Crippen molar-refractivity contribution < 1.29 is 19.1 Å². The van der Waals surface area contributed by atoms with Gasteiger partial charge in [-0.1, -0.05) is 23.2 Å². The summed E-state index contributed by atoms with van der Waals surface area (Å²) in [6, 6.07) is 18.9. The van der Waals surface area contributed by atoms with Crippen molar-refractivity contribution >= 4 is 29.0 Å². The molecule has 0 spiro atoms. The Morgan fingerprint density at radius 1 is 0.966 bits per heavy atom. The first-order valence-corrected chi connectivity index (χ1v) is 9.31. The van der Waals surface area contributed by atoms with E-state index in [9.17, 15) is 9.59 Å². The minimum atomic E-state index is -0.337. The number of carbonyl (C=O) groups is 2. The Balaban J connectivity index is 1.73. The third-order valence-corrected chi connectivity index (χ3v) is 4.47. The van der Waals surface area contributed by atoms with E-state index in [1.807, 2.05) is 13.0 Å². The van der Waals surface area contributed by atoms with Crippen molar-refractivity contribution in [3.05, 3.63) is 88.4 Å². The van der Waals surface area contributed by atoms with Crippen molar-refractivity contribution in [3.8, 4) is 11.5 Å². The number of methoxy groups -OCH3 is 1. The standard InChI is InChI=1S/C23H20ClNO4/c1-15-3-12-21(29-14-22(26)25-18-8-6-17(24)7-9-18)20(13-15)23(27)16-4-10-19(28-2)11-5-16/h3-13H,14H2,1-2H3,(H,25,26). The molecule has 0 aliphatic carbocycles. The number of ether oxygens (including phenoxy) is 2. The fourth-order valence-electron chi connectivity index (χ4n) is 2.72. The number of ketones is 1. The molecule has 3 aromatic carbocycles. The molecular formula is C23H20ClNO4. The van der Waals surface area contributed by atoms with Gasteiger partial charge in [-0.3, -0.25) is 9.59 Å². The van der Waals surface area contributed by atoms with Crippen molar-refractivity contribution in [3.63, 3.8) is 0 Å². The molecule has 1 amide bonds. The fourth-order valence-corrected chi connectivity index (χ4v) is 2.84. The van der Waals surface area contributed by atoms with Gasteiger partial charge in [-0.15, -0.1) is 0 Å². The summed E-state index contributed by atoms with van der Waals surface area (Å²) in [4.78, 5) is 25.1. The molecule has 0 aromatic heterocycles. The van der Waals surface area contributed by atoms with Crippen molar-refractivity contribution in [1.82, 2.24) is 0 Å². The molecule has 0 atom stereocenters. The summed E-state index contributed by atoms with van der Waals surface area (Å²) < 4.78 is 10.8. The molecule has 29 heavy (non-hydrogen) atoms. The normalized spacial score (nSPS) is 10.3. The molecule has 0 fully saturated rings. The van der Waals surface area contributed by atoms with Gasteiger partial charge in [0.2, 0.25) is 0 Å². The summed E-state index contributed by atoms with van der Waals surface area (Å²) in [6.07, 6.45) is 0. The van der Waals surface area contributed by atoms with Gasteiger partial charge in [0.15, 0.2) is 12.4 Å². The largest absolute Gasteiger partial charge is 0.497 e. The number of amides is 1. The van der Waals surface area contributed by atoms with Crippen LogP contribution >= 0.6 is 11.6 Å². The average molecular weight is 410 g/mol. The van der Waals surface area contributed by atoms with Gasteiger partial charge in [-0.2, -0.15) is 0 Å². The highest BCUT2D eigenvalue weighted by atomic mass is 35.5. The predicted molar refractivity (Wildman–Crippen MR) is 113 cm³/mol. The van der Waals surface area contributed by atoms with E-state index < -0.39 is 0 Å². The van der Waals surface area contributed by atoms with E-state index in [1.54, 1.807) is 67.8 Å². The monoisotopic (exact) mass is 409 g/mol. The Labute approximate surface area is 174 Å². The second kappa shape index (κ2) is 9.26. The number of rotatable bonds is 7. The van der Waals surface area contributed by atoms with E-state index in [0.717, 1.165) is 5.56 Å². The minimum Gasteiger partial charge on any atom is -0.497 e. The second-order valence-electron chi connectivity index (χ2n) is 6.40. The summed E-state index contributed by atoms with van der Waals surface area (Å²) in [6.45, 7) is 1.66. The lowest BCUT2D eigenvalue weighted by Crippen LogP contribution is -2.21. The lowest BCUT2D eigenvalue weighted by molar-refractivity contribution is -0.118. The van der Waals surface area contributed by atoms with Gasteiger partial charge >= 0.3 is 0 Å². The fraction of sp³-hybridized carbons (Fsp3) is 0.130. The van der Waals surface area contributed by atoms with E-state index in [1.165, 1.54) is 0 Å². The maximum Gasteiger partial charge on any atom is 0.262 e. The minimum absolute atomic E-state index is 0.190. The maximum atomic E-state index is 13.0. The lowest BCUT2D eigenvalue weighted by Gasteiger charge is -2.12. The molecule has 0 saturated heterocycles. The first-order chi connectivity index (χ1) is 14.0. The first-order valence-electron chi connectivity index (χ1n) is 8.94. The third-order valence-electron chi connectivity index (χ3n) is 4.22. The van der Waals surface area contributed by atoms with E-state index >= 15 is 0 Å². The Morgan fingerprint density at radius 2 is 1.66 bits per heavy atom. The highest BCUT2D eigenvalue weighted by Gasteiger charge is 2.16. The predicted octanol–water partition coefficient (Wildman–Crippen LogP) is 4.91. The molecule has 0 aliphatic heterocycles. The number of aryl methyl sites for hydroxylation is 1. The van der Waals surface area contributed by atoms with Crippen molar-refractivity contribution in [2.45, 2.75) is 6.92 Å². The molecule has 0 unspecified atom stereocenters. The number of anilines is 1. The van der Waals surface area contributed by atoms with Gasteiger partial charge < -0.3 is 14.8 Å².